The van der Waals surface area contributed by atoms with E-state index in [9.17, 15) is 22.0 Å². The number of hydrogen-bond acceptors (Lipinski definition) is 0. The normalized spacial score (nSPS) is 12.1. The van der Waals surface area contributed by atoms with E-state index in [1.807, 2.05) is 6.92 Å². The van der Waals surface area contributed by atoms with Gasteiger partial charge in [0.05, 0.1) is 0 Å². The van der Waals surface area contributed by atoms with E-state index < -0.39 is 23.4 Å². The molecule has 0 saturated carbocycles. The molecule has 0 aliphatic heterocycles. The van der Waals surface area contributed by atoms with Gasteiger partial charge in [-0.05, 0) is 36.3 Å². The number of halogens is 5. The van der Waals surface area contributed by atoms with Crippen molar-refractivity contribution < 1.29 is 22.0 Å². The standard InChI is InChI=1S/C16H11F5/c1-10-2-4-11(5-3-10)12-8-14(17)13(15(18)9-12)6-7-16(19,20)21/h2-9H,1H3/b7-6+. The molecular formula is C16H11F5. The van der Waals surface area contributed by atoms with E-state index in [0.717, 1.165) is 17.7 Å². The number of rotatable bonds is 2. The van der Waals surface area contributed by atoms with Gasteiger partial charge in [-0.2, -0.15) is 13.2 Å². The zero-order valence-electron chi connectivity index (χ0n) is 11.0. The molecule has 0 radical (unpaired) electrons. The minimum Gasteiger partial charge on any atom is -0.206 e. The second kappa shape index (κ2) is 5.68. The number of aryl methyl sites for hydroxylation is 1. The van der Waals surface area contributed by atoms with E-state index in [1.165, 1.54) is 0 Å². The van der Waals surface area contributed by atoms with Gasteiger partial charge in [-0.25, -0.2) is 8.78 Å². The summed E-state index contributed by atoms with van der Waals surface area (Å²) in [5.41, 5.74) is 1.14. The Morgan fingerprint density at radius 3 is 1.86 bits per heavy atom. The molecule has 0 spiro atoms. The van der Waals surface area contributed by atoms with Gasteiger partial charge in [-0.1, -0.05) is 29.8 Å². The van der Waals surface area contributed by atoms with Crippen molar-refractivity contribution in [3.8, 4) is 11.1 Å². The number of hydrogen-bond donors (Lipinski definition) is 0. The van der Waals surface area contributed by atoms with Crippen molar-refractivity contribution >= 4 is 6.08 Å². The van der Waals surface area contributed by atoms with Gasteiger partial charge < -0.3 is 0 Å². The lowest BCUT2D eigenvalue weighted by Crippen LogP contribution is -2.01. The number of alkyl halides is 3. The van der Waals surface area contributed by atoms with E-state index in [4.69, 9.17) is 0 Å². The third kappa shape index (κ3) is 3.90. The Balaban J connectivity index is 2.42. The van der Waals surface area contributed by atoms with Gasteiger partial charge in [0, 0.05) is 11.6 Å². The van der Waals surface area contributed by atoms with Crippen LogP contribution >= 0.6 is 0 Å². The maximum atomic E-state index is 13.8. The summed E-state index contributed by atoms with van der Waals surface area (Å²) >= 11 is 0. The van der Waals surface area contributed by atoms with Gasteiger partial charge in [0.25, 0.3) is 0 Å². The fourth-order valence-electron chi connectivity index (χ4n) is 1.83. The molecule has 0 heterocycles. The SMILES string of the molecule is Cc1ccc(-c2cc(F)c(/C=C/C(F)(F)F)c(F)c2)cc1. The summed E-state index contributed by atoms with van der Waals surface area (Å²) in [6.45, 7) is 1.87. The minimum atomic E-state index is -4.62. The van der Waals surface area contributed by atoms with Crippen LogP contribution in [-0.2, 0) is 0 Å². The van der Waals surface area contributed by atoms with Gasteiger partial charge in [-0.15, -0.1) is 0 Å². The van der Waals surface area contributed by atoms with E-state index in [0.29, 0.717) is 11.6 Å². The van der Waals surface area contributed by atoms with Crippen molar-refractivity contribution in [2.45, 2.75) is 13.1 Å². The van der Waals surface area contributed by atoms with Gasteiger partial charge in [-0.3, -0.25) is 0 Å². The monoisotopic (exact) mass is 298 g/mol. The van der Waals surface area contributed by atoms with Crippen molar-refractivity contribution in [3.63, 3.8) is 0 Å². The maximum absolute atomic E-state index is 13.8. The van der Waals surface area contributed by atoms with Crippen LogP contribution in [0, 0.1) is 18.6 Å². The molecule has 0 aliphatic rings. The second-order valence-electron chi connectivity index (χ2n) is 4.59. The van der Waals surface area contributed by atoms with E-state index in [-0.39, 0.29) is 11.6 Å². The molecule has 0 saturated heterocycles. The summed E-state index contributed by atoms with van der Waals surface area (Å²) in [6, 6.07) is 8.97. The predicted molar refractivity (Wildman–Crippen MR) is 71.6 cm³/mol. The molecular weight excluding hydrogens is 287 g/mol. The fourth-order valence-corrected chi connectivity index (χ4v) is 1.83. The molecule has 0 aliphatic carbocycles. The number of benzene rings is 2. The minimum absolute atomic E-state index is 0.194. The van der Waals surface area contributed by atoms with Crippen LogP contribution < -0.4 is 0 Å². The van der Waals surface area contributed by atoms with Crippen molar-refractivity contribution in [2.24, 2.45) is 0 Å². The van der Waals surface area contributed by atoms with Crippen LogP contribution in [0.4, 0.5) is 22.0 Å². The average Bonchev–Trinajstić information content (AvgIpc) is 2.37. The summed E-state index contributed by atoms with van der Waals surface area (Å²) in [4.78, 5) is 0. The Labute approximate surface area is 118 Å². The quantitative estimate of drug-likeness (QED) is 0.641. The van der Waals surface area contributed by atoms with Crippen LogP contribution in [0.3, 0.4) is 0 Å². The summed E-state index contributed by atoms with van der Waals surface area (Å²) in [5, 5.41) is 0. The molecule has 5 heteroatoms. The highest BCUT2D eigenvalue weighted by Gasteiger charge is 2.22. The van der Waals surface area contributed by atoms with Crippen LogP contribution in [0.5, 0.6) is 0 Å². The third-order valence-corrected chi connectivity index (χ3v) is 2.90. The molecule has 2 rings (SSSR count). The predicted octanol–water partition coefficient (Wildman–Crippen LogP) is 5.52. The summed E-state index contributed by atoms with van der Waals surface area (Å²) in [6.07, 6.45) is -4.42. The zero-order chi connectivity index (χ0) is 15.6. The van der Waals surface area contributed by atoms with Crippen LogP contribution in [0.1, 0.15) is 11.1 Å². The first-order chi connectivity index (χ1) is 9.76. The lowest BCUT2D eigenvalue weighted by atomic mass is 10.0. The highest BCUT2D eigenvalue weighted by molar-refractivity contribution is 5.66. The Bertz CT molecular complexity index is 643. The topological polar surface area (TPSA) is 0 Å². The average molecular weight is 298 g/mol. The Morgan fingerprint density at radius 1 is 0.857 bits per heavy atom. The first-order valence-electron chi connectivity index (χ1n) is 6.08. The zero-order valence-corrected chi connectivity index (χ0v) is 11.0. The van der Waals surface area contributed by atoms with E-state index in [2.05, 4.69) is 0 Å². The lowest BCUT2D eigenvalue weighted by Gasteiger charge is -2.07. The Hall–Kier alpha value is -2.17. The first-order valence-corrected chi connectivity index (χ1v) is 6.08. The molecule has 2 aromatic carbocycles. The van der Waals surface area contributed by atoms with Gasteiger partial charge >= 0.3 is 6.18 Å². The molecule has 0 fully saturated rings. The van der Waals surface area contributed by atoms with Crippen molar-refractivity contribution in [3.05, 3.63) is 65.2 Å². The largest absolute Gasteiger partial charge is 0.409 e. The number of allylic oxidation sites excluding steroid dienone is 1. The third-order valence-electron chi connectivity index (χ3n) is 2.90. The molecule has 0 bridgehead atoms. The van der Waals surface area contributed by atoms with Gasteiger partial charge in [0.1, 0.15) is 11.6 Å². The summed E-state index contributed by atoms with van der Waals surface area (Å²) in [7, 11) is 0. The second-order valence-corrected chi connectivity index (χ2v) is 4.59. The van der Waals surface area contributed by atoms with E-state index >= 15 is 0 Å². The fraction of sp³-hybridized carbons (Fsp3) is 0.125. The Kier molecular flexibility index (Phi) is 4.11. The molecule has 110 valence electrons. The maximum Gasteiger partial charge on any atom is 0.409 e. The molecule has 0 amide bonds. The first kappa shape index (κ1) is 15.2. The van der Waals surface area contributed by atoms with Gasteiger partial charge in [0.2, 0.25) is 0 Å². The molecule has 0 unspecified atom stereocenters. The molecule has 0 atom stereocenters. The smallest absolute Gasteiger partial charge is 0.206 e. The van der Waals surface area contributed by atoms with Crippen molar-refractivity contribution in [1.82, 2.24) is 0 Å². The van der Waals surface area contributed by atoms with Crippen LogP contribution in [0.25, 0.3) is 17.2 Å². The van der Waals surface area contributed by atoms with Crippen molar-refractivity contribution in [2.75, 3.05) is 0 Å². The molecule has 2 aromatic rings. The summed E-state index contributed by atoms with van der Waals surface area (Å²) < 4.78 is 63.8. The van der Waals surface area contributed by atoms with Crippen LogP contribution in [0.2, 0.25) is 0 Å². The van der Waals surface area contributed by atoms with Gasteiger partial charge in [0.15, 0.2) is 0 Å². The van der Waals surface area contributed by atoms with E-state index in [1.54, 1.807) is 24.3 Å². The molecule has 0 nitrogen and oxygen atoms in total. The van der Waals surface area contributed by atoms with Crippen LogP contribution in [-0.4, -0.2) is 6.18 Å². The lowest BCUT2D eigenvalue weighted by molar-refractivity contribution is -0.0790. The molecule has 0 N–H and O–H groups in total. The highest BCUT2D eigenvalue weighted by atomic mass is 19.4. The molecule has 0 aromatic heterocycles. The molecule has 21 heavy (non-hydrogen) atoms. The van der Waals surface area contributed by atoms with Crippen molar-refractivity contribution in [1.29, 1.82) is 0 Å². The highest BCUT2D eigenvalue weighted by Crippen LogP contribution is 2.27. The Morgan fingerprint density at radius 2 is 1.38 bits per heavy atom. The van der Waals surface area contributed by atoms with Crippen LogP contribution in [0.15, 0.2) is 42.5 Å². The summed E-state index contributed by atoms with van der Waals surface area (Å²) in [5.74, 6) is -2.07.